The van der Waals surface area contributed by atoms with E-state index in [1.807, 2.05) is 17.9 Å². The van der Waals surface area contributed by atoms with E-state index < -0.39 is 0 Å². The summed E-state index contributed by atoms with van der Waals surface area (Å²) < 4.78 is 1.87. The van der Waals surface area contributed by atoms with Gasteiger partial charge in [0.15, 0.2) is 0 Å². The normalized spacial score (nSPS) is 9.92. The Balaban J connectivity index is 2.38. The van der Waals surface area contributed by atoms with Crippen molar-refractivity contribution in [3.8, 4) is 12.3 Å². The van der Waals surface area contributed by atoms with Crippen molar-refractivity contribution < 1.29 is 0 Å². The number of hydrogen-bond donors (Lipinski definition) is 1. The summed E-state index contributed by atoms with van der Waals surface area (Å²) in [5.74, 6) is 2.59. The SMILES string of the molecule is C#CCCNCc1cnn(C)c1C. The fourth-order valence-electron chi connectivity index (χ4n) is 1.10. The molecule has 0 saturated heterocycles. The third-order valence-electron chi connectivity index (χ3n) is 2.10. The van der Waals surface area contributed by atoms with Gasteiger partial charge in [-0.15, -0.1) is 12.3 Å². The summed E-state index contributed by atoms with van der Waals surface area (Å²) in [7, 11) is 1.94. The van der Waals surface area contributed by atoms with Crippen molar-refractivity contribution in [2.24, 2.45) is 7.05 Å². The van der Waals surface area contributed by atoms with Gasteiger partial charge in [-0.3, -0.25) is 4.68 Å². The van der Waals surface area contributed by atoms with Crippen LogP contribution in [0.5, 0.6) is 0 Å². The van der Waals surface area contributed by atoms with Gasteiger partial charge in [-0.25, -0.2) is 0 Å². The largest absolute Gasteiger partial charge is 0.312 e. The molecule has 1 heterocycles. The Morgan fingerprint density at radius 3 is 3.00 bits per heavy atom. The molecule has 0 amide bonds. The molecular formula is C10H15N3. The molecule has 1 aromatic rings. The Hall–Kier alpha value is -1.27. The molecule has 3 nitrogen and oxygen atoms in total. The van der Waals surface area contributed by atoms with Crippen molar-refractivity contribution in [1.82, 2.24) is 15.1 Å². The van der Waals surface area contributed by atoms with Gasteiger partial charge in [0, 0.05) is 37.8 Å². The van der Waals surface area contributed by atoms with Gasteiger partial charge in [0.2, 0.25) is 0 Å². The Bertz CT molecular complexity index is 306. The quantitative estimate of drug-likeness (QED) is 0.545. The molecule has 3 heteroatoms. The summed E-state index contributed by atoms with van der Waals surface area (Å²) in [4.78, 5) is 0. The van der Waals surface area contributed by atoms with Crippen LogP contribution in [0.25, 0.3) is 0 Å². The van der Waals surface area contributed by atoms with E-state index in [0.717, 1.165) is 19.5 Å². The van der Waals surface area contributed by atoms with Crippen LogP contribution in [0.1, 0.15) is 17.7 Å². The first-order valence-electron chi connectivity index (χ1n) is 4.37. The summed E-state index contributed by atoms with van der Waals surface area (Å²) in [6, 6.07) is 0. The minimum absolute atomic E-state index is 0.777. The number of nitrogens with zero attached hydrogens (tertiary/aromatic N) is 2. The molecule has 70 valence electrons. The molecule has 0 spiro atoms. The highest BCUT2D eigenvalue weighted by Crippen LogP contribution is 2.04. The van der Waals surface area contributed by atoms with Crippen molar-refractivity contribution in [1.29, 1.82) is 0 Å². The lowest BCUT2D eigenvalue weighted by atomic mass is 10.2. The molecule has 0 saturated carbocycles. The molecule has 0 fully saturated rings. The molecule has 0 aliphatic rings. The molecule has 0 radical (unpaired) electrons. The molecular weight excluding hydrogens is 162 g/mol. The van der Waals surface area contributed by atoms with E-state index >= 15 is 0 Å². The van der Waals surface area contributed by atoms with E-state index in [1.54, 1.807) is 0 Å². The first-order valence-corrected chi connectivity index (χ1v) is 4.37. The second kappa shape index (κ2) is 4.68. The highest BCUT2D eigenvalue weighted by atomic mass is 15.3. The molecule has 1 aromatic heterocycles. The van der Waals surface area contributed by atoms with Gasteiger partial charge in [-0.05, 0) is 6.92 Å². The van der Waals surface area contributed by atoms with Gasteiger partial charge in [0.1, 0.15) is 0 Å². The summed E-state index contributed by atoms with van der Waals surface area (Å²) in [5.41, 5.74) is 2.44. The molecule has 0 unspecified atom stereocenters. The number of hydrogen-bond acceptors (Lipinski definition) is 2. The average Bonchev–Trinajstić information content (AvgIpc) is 2.43. The van der Waals surface area contributed by atoms with Crippen molar-refractivity contribution in [3.05, 3.63) is 17.5 Å². The van der Waals surface area contributed by atoms with E-state index in [2.05, 4.69) is 23.3 Å². The molecule has 1 N–H and O–H groups in total. The number of rotatable bonds is 4. The third-order valence-corrected chi connectivity index (χ3v) is 2.10. The Morgan fingerprint density at radius 1 is 1.69 bits per heavy atom. The lowest BCUT2D eigenvalue weighted by Gasteiger charge is -2.01. The van der Waals surface area contributed by atoms with Gasteiger partial charge in [-0.2, -0.15) is 5.10 Å². The Labute approximate surface area is 79.1 Å². The van der Waals surface area contributed by atoms with Crippen molar-refractivity contribution in [2.45, 2.75) is 19.9 Å². The molecule has 0 aromatic carbocycles. The van der Waals surface area contributed by atoms with Crippen LogP contribution in [0, 0.1) is 19.3 Å². The minimum Gasteiger partial charge on any atom is -0.312 e. The predicted molar refractivity (Wildman–Crippen MR) is 53.1 cm³/mol. The molecule has 0 bridgehead atoms. The van der Waals surface area contributed by atoms with Crippen LogP contribution in [0.15, 0.2) is 6.20 Å². The van der Waals surface area contributed by atoms with E-state index in [-0.39, 0.29) is 0 Å². The van der Waals surface area contributed by atoms with Crippen LogP contribution >= 0.6 is 0 Å². The highest BCUT2D eigenvalue weighted by molar-refractivity contribution is 5.15. The van der Waals surface area contributed by atoms with Gasteiger partial charge < -0.3 is 5.32 Å². The summed E-state index contributed by atoms with van der Waals surface area (Å²) in [5, 5.41) is 7.41. The smallest absolute Gasteiger partial charge is 0.0537 e. The first-order chi connectivity index (χ1) is 6.25. The minimum atomic E-state index is 0.777. The van der Waals surface area contributed by atoms with Crippen LogP contribution < -0.4 is 5.32 Å². The highest BCUT2D eigenvalue weighted by Gasteiger charge is 2.01. The number of nitrogens with one attached hydrogen (secondary N) is 1. The molecule has 1 rings (SSSR count). The maximum absolute atomic E-state index is 5.14. The van der Waals surface area contributed by atoms with Gasteiger partial charge >= 0.3 is 0 Å². The van der Waals surface area contributed by atoms with Gasteiger partial charge in [-0.1, -0.05) is 0 Å². The fourth-order valence-corrected chi connectivity index (χ4v) is 1.10. The molecule has 13 heavy (non-hydrogen) atoms. The summed E-state index contributed by atoms with van der Waals surface area (Å²) >= 11 is 0. The number of aromatic nitrogens is 2. The topological polar surface area (TPSA) is 29.9 Å². The van der Waals surface area contributed by atoms with Crippen molar-refractivity contribution >= 4 is 0 Å². The average molecular weight is 177 g/mol. The zero-order chi connectivity index (χ0) is 9.68. The maximum Gasteiger partial charge on any atom is 0.0537 e. The van der Waals surface area contributed by atoms with Crippen molar-refractivity contribution in [2.75, 3.05) is 6.54 Å². The first kappa shape index (κ1) is 9.82. The van der Waals surface area contributed by atoms with E-state index in [4.69, 9.17) is 6.42 Å². The Kier molecular flexibility index (Phi) is 3.53. The second-order valence-corrected chi connectivity index (χ2v) is 3.01. The number of aryl methyl sites for hydroxylation is 1. The van der Waals surface area contributed by atoms with E-state index in [9.17, 15) is 0 Å². The zero-order valence-corrected chi connectivity index (χ0v) is 8.17. The molecule has 0 aliphatic heterocycles. The van der Waals surface area contributed by atoms with Gasteiger partial charge in [0.25, 0.3) is 0 Å². The summed E-state index contributed by atoms with van der Waals surface area (Å²) in [6.07, 6.45) is 7.80. The van der Waals surface area contributed by atoms with Gasteiger partial charge in [0.05, 0.1) is 6.20 Å². The van der Waals surface area contributed by atoms with Crippen molar-refractivity contribution in [3.63, 3.8) is 0 Å². The van der Waals surface area contributed by atoms with Crippen LogP contribution in [-0.2, 0) is 13.6 Å². The van der Waals surface area contributed by atoms with E-state index in [1.165, 1.54) is 11.3 Å². The fraction of sp³-hybridized carbons (Fsp3) is 0.500. The van der Waals surface area contributed by atoms with Crippen LogP contribution in [0.2, 0.25) is 0 Å². The monoisotopic (exact) mass is 177 g/mol. The zero-order valence-electron chi connectivity index (χ0n) is 8.17. The maximum atomic E-state index is 5.14. The Morgan fingerprint density at radius 2 is 2.46 bits per heavy atom. The predicted octanol–water partition coefficient (Wildman–Crippen LogP) is 0.841. The third kappa shape index (κ3) is 2.60. The van der Waals surface area contributed by atoms with E-state index in [0.29, 0.717) is 0 Å². The van der Waals surface area contributed by atoms with Crippen LogP contribution in [0.4, 0.5) is 0 Å². The lowest BCUT2D eigenvalue weighted by Crippen LogP contribution is -2.14. The second-order valence-electron chi connectivity index (χ2n) is 3.01. The standard InChI is InChI=1S/C10H15N3/c1-4-5-6-11-7-10-8-12-13(3)9(10)2/h1,8,11H,5-7H2,2-3H3. The van der Waals surface area contributed by atoms with Crippen LogP contribution in [-0.4, -0.2) is 16.3 Å². The molecule has 0 atom stereocenters. The lowest BCUT2D eigenvalue weighted by molar-refractivity contribution is 0.692. The molecule has 0 aliphatic carbocycles. The summed E-state index contributed by atoms with van der Waals surface area (Å²) in [6.45, 7) is 3.78. The van der Waals surface area contributed by atoms with Crippen LogP contribution in [0.3, 0.4) is 0 Å². The number of terminal acetylenes is 1.